The molecule has 10 atom stereocenters. The molecule has 0 spiro atoms. The summed E-state index contributed by atoms with van der Waals surface area (Å²) in [5.74, 6) is 2.10. The summed E-state index contributed by atoms with van der Waals surface area (Å²) in [5, 5.41) is 13.8. The summed E-state index contributed by atoms with van der Waals surface area (Å²) in [6.45, 7) is 23.0. The van der Waals surface area contributed by atoms with Gasteiger partial charge in [0.2, 0.25) is 5.91 Å². The van der Waals surface area contributed by atoms with E-state index in [2.05, 4.69) is 82.4 Å². The van der Waals surface area contributed by atoms with Gasteiger partial charge in [-0.15, -0.1) is 0 Å². The maximum Gasteiger partial charge on any atom is 0.312 e. The number of nitrogens with zero attached hydrogens (tertiary/aromatic N) is 2. The van der Waals surface area contributed by atoms with Crippen LogP contribution in [0.1, 0.15) is 119 Å². The SMILES string of the molecule is C=C(C)[C@@H]1CC[C@]2(NCC(=O)N3CCN(C)CC3)CC[C@]3(C)[C@H](CC[C@@H]4[C@@]5(C)CC=C(C6=CC[C@](CF)(C(=O)O)CC6)C(C)(C)[C@@H]5CC[C@]43C)[C@@H]12. The molecule has 5 fully saturated rings. The third-order valence-corrected chi connectivity index (χ3v) is 17.8. The Morgan fingerprint density at radius 3 is 2.25 bits per heavy atom. The number of fused-ring (bicyclic) bond motifs is 7. The highest BCUT2D eigenvalue weighted by Crippen LogP contribution is 2.76. The van der Waals surface area contributed by atoms with Gasteiger partial charge in [-0.3, -0.25) is 9.59 Å². The molecule has 7 heteroatoms. The van der Waals surface area contributed by atoms with Crippen LogP contribution >= 0.6 is 0 Å². The quantitative estimate of drug-likeness (QED) is 0.260. The highest BCUT2D eigenvalue weighted by molar-refractivity contribution is 5.78. The molecule has 0 aromatic heterocycles. The minimum Gasteiger partial charge on any atom is -0.481 e. The fraction of sp³-hybridized carbons (Fsp3) is 0.818. The van der Waals surface area contributed by atoms with Gasteiger partial charge in [-0.05, 0) is 153 Å². The molecule has 284 valence electrons. The molecule has 0 aromatic carbocycles. The van der Waals surface area contributed by atoms with Crippen molar-refractivity contribution in [3.63, 3.8) is 0 Å². The van der Waals surface area contributed by atoms with Crippen LogP contribution in [0.15, 0.2) is 35.5 Å². The van der Waals surface area contributed by atoms with Crippen LogP contribution in [0.3, 0.4) is 0 Å². The smallest absolute Gasteiger partial charge is 0.312 e. The van der Waals surface area contributed by atoms with Crippen molar-refractivity contribution >= 4 is 11.9 Å². The first-order chi connectivity index (χ1) is 24.0. The van der Waals surface area contributed by atoms with E-state index in [4.69, 9.17) is 0 Å². The van der Waals surface area contributed by atoms with Gasteiger partial charge in [0.1, 0.15) is 6.67 Å². The molecule has 6 aliphatic carbocycles. The van der Waals surface area contributed by atoms with Gasteiger partial charge in [0.05, 0.1) is 12.0 Å². The molecule has 7 aliphatic rings. The maximum absolute atomic E-state index is 14.0. The lowest BCUT2D eigenvalue weighted by Gasteiger charge is -2.72. The van der Waals surface area contributed by atoms with Crippen molar-refractivity contribution in [1.29, 1.82) is 0 Å². The van der Waals surface area contributed by atoms with E-state index in [1.54, 1.807) is 0 Å². The number of carboxylic acids is 1. The topological polar surface area (TPSA) is 72.9 Å². The van der Waals surface area contributed by atoms with E-state index >= 15 is 0 Å². The Labute approximate surface area is 308 Å². The van der Waals surface area contributed by atoms with Crippen molar-refractivity contribution in [1.82, 2.24) is 15.1 Å². The number of halogens is 1. The van der Waals surface area contributed by atoms with Gasteiger partial charge in [-0.1, -0.05) is 58.9 Å². The van der Waals surface area contributed by atoms with Crippen LogP contribution in [-0.4, -0.2) is 78.8 Å². The van der Waals surface area contributed by atoms with Crippen molar-refractivity contribution in [2.24, 2.45) is 56.7 Å². The fourth-order valence-corrected chi connectivity index (χ4v) is 14.5. The number of amides is 1. The van der Waals surface area contributed by atoms with E-state index in [0.717, 1.165) is 45.4 Å². The second-order valence-electron chi connectivity index (χ2n) is 20.1. The van der Waals surface area contributed by atoms with Crippen molar-refractivity contribution in [3.8, 4) is 0 Å². The zero-order chi connectivity index (χ0) is 36.8. The van der Waals surface area contributed by atoms with Gasteiger partial charge in [0.25, 0.3) is 0 Å². The van der Waals surface area contributed by atoms with Crippen LogP contribution in [-0.2, 0) is 9.59 Å². The number of carbonyl (C=O) groups is 2. The van der Waals surface area contributed by atoms with E-state index in [1.807, 2.05) is 0 Å². The van der Waals surface area contributed by atoms with E-state index in [-0.39, 0.29) is 39.5 Å². The second-order valence-corrected chi connectivity index (χ2v) is 20.1. The molecule has 1 heterocycles. The normalized spacial score (nSPS) is 45.0. The number of carbonyl (C=O) groups excluding carboxylic acids is 1. The molecule has 7 rings (SSSR count). The summed E-state index contributed by atoms with van der Waals surface area (Å²) in [4.78, 5) is 29.9. The Morgan fingerprint density at radius 2 is 1.63 bits per heavy atom. The van der Waals surface area contributed by atoms with Crippen LogP contribution in [0.5, 0.6) is 0 Å². The summed E-state index contributed by atoms with van der Waals surface area (Å²) < 4.78 is 14.0. The average molecular weight is 706 g/mol. The Balaban J connectivity index is 1.15. The largest absolute Gasteiger partial charge is 0.481 e. The van der Waals surface area contributed by atoms with Gasteiger partial charge in [-0.25, -0.2) is 4.39 Å². The molecule has 0 bridgehead atoms. The lowest BCUT2D eigenvalue weighted by atomic mass is 9.33. The average Bonchev–Trinajstić information content (AvgIpc) is 3.48. The number of hydrogen-bond donors (Lipinski definition) is 2. The third kappa shape index (κ3) is 5.49. The minimum atomic E-state index is -1.26. The first-order valence-electron chi connectivity index (χ1n) is 20.5. The lowest BCUT2D eigenvalue weighted by Crippen LogP contribution is -2.68. The number of likely N-dealkylation sites (N-methyl/N-ethyl adjacent to an activating group) is 1. The number of piperazine rings is 1. The predicted molar refractivity (Wildman–Crippen MR) is 203 cm³/mol. The molecular weight excluding hydrogens is 638 g/mol. The van der Waals surface area contributed by atoms with Gasteiger partial charge >= 0.3 is 5.97 Å². The van der Waals surface area contributed by atoms with Gasteiger partial charge in [-0.2, -0.15) is 0 Å². The highest BCUT2D eigenvalue weighted by atomic mass is 19.1. The number of carboxylic acid groups (broad SMARTS) is 1. The molecule has 4 saturated carbocycles. The zero-order valence-electron chi connectivity index (χ0n) is 33.0. The number of rotatable bonds is 7. The van der Waals surface area contributed by atoms with Crippen LogP contribution in [0.2, 0.25) is 0 Å². The second kappa shape index (κ2) is 12.8. The molecular formula is C44H68FN3O3. The molecule has 6 nitrogen and oxygen atoms in total. The van der Waals surface area contributed by atoms with Crippen molar-refractivity contribution in [3.05, 3.63) is 35.5 Å². The Kier molecular flexibility index (Phi) is 9.38. The standard InChI is InChI=1S/C44H68FN3O3/c1-29(2)31-13-20-44(46-27-36(49)48-25-23-47(8)24-26-48)22-21-41(6)33(37(31)44)9-10-35-40(5)16-14-32(39(3,4)34(40)15-17-42(35,41)7)30-11-18-43(28-45,19-12-30)38(50)51/h11,14,31,33-35,37,46H,1,9-10,12-13,15-28H2,2-8H3,(H,50,51)/t31-,33+,34-,35+,37+,40-,41+,42+,43-,44-/m0/s1. The predicted octanol–water partition coefficient (Wildman–Crippen LogP) is 8.45. The summed E-state index contributed by atoms with van der Waals surface area (Å²) >= 11 is 0. The van der Waals surface area contributed by atoms with Crippen LogP contribution in [0, 0.1) is 56.7 Å². The van der Waals surface area contributed by atoms with Gasteiger partial charge in [0.15, 0.2) is 0 Å². The molecule has 0 unspecified atom stereocenters. The molecule has 1 saturated heterocycles. The first kappa shape index (κ1) is 37.3. The Bertz CT molecular complexity index is 1500. The van der Waals surface area contributed by atoms with E-state index in [0.29, 0.717) is 49.0 Å². The number of allylic oxidation sites excluding steroid dienone is 5. The molecule has 0 radical (unpaired) electrons. The zero-order valence-corrected chi connectivity index (χ0v) is 33.0. The van der Waals surface area contributed by atoms with Gasteiger partial charge < -0.3 is 20.2 Å². The number of nitrogens with one attached hydrogen (secondary N) is 1. The summed E-state index contributed by atoms with van der Waals surface area (Å²) in [6, 6.07) is 0. The van der Waals surface area contributed by atoms with Gasteiger partial charge in [0, 0.05) is 31.7 Å². The summed E-state index contributed by atoms with van der Waals surface area (Å²) in [6.07, 6.45) is 16.7. The molecule has 1 aliphatic heterocycles. The summed E-state index contributed by atoms with van der Waals surface area (Å²) in [5.41, 5.74) is 3.40. The third-order valence-electron chi connectivity index (χ3n) is 17.8. The van der Waals surface area contributed by atoms with E-state index in [1.165, 1.54) is 55.2 Å². The number of hydrogen-bond acceptors (Lipinski definition) is 4. The minimum absolute atomic E-state index is 0.0128. The Hall–Kier alpha value is -1.99. The fourth-order valence-electron chi connectivity index (χ4n) is 14.5. The van der Waals surface area contributed by atoms with Crippen LogP contribution in [0.25, 0.3) is 0 Å². The van der Waals surface area contributed by atoms with Crippen LogP contribution < -0.4 is 5.32 Å². The molecule has 2 N–H and O–H groups in total. The van der Waals surface area contributed by atoms with Crippen molar-refractivity contribution in [2.75, 3.05) is 46.4 Å². The molecule has 0 aromatic rings. The molecule has 51 heavy (non-hydrogen) atoms. The first-order valence-corrected chi connectivity index (χ1v) is 20.5. The number of aliphatic carboxylic acids is 1. The summed E-state index contributed by atoms with van der Waals surface area (Å²) in [7, 11) is 2.14. The maximum atomic E-state index is 14.0. The van der Waals surface area contributed by atoms with E-state index in [9.17, 15) is 19.1 Å². The monoisotopic (exact) mass is 706 g/mol. The lowest BCUT2D eigenvalue weighted by molar-refractivity contribution is -0.221. The molecule has 1 amide bonds. The van der Waals surface area contributed by atoms with Crippen molar-refractivity contribution < 1.29 is 19.1 Å². The number of alkyl halides is 1. The highest BCUT2D eigenvalue weighted by Gasteiger charge is 2.70. The van der Waals surface area contributed by atoms with Crippen molar-refractivity contribution in [2.45, 2.75) is 124 Å². The Morgan fingerprint density at radius 1 is 0.902 bits per heavy atom. The van der Waals surface area contributed by atoms with E-state index < -0.39 is 18.1 Å². The van der Waals surface area contributed by atoms with Crippen LogP contribution in [0.4, 0.5) is 4.39 Å².